The highest BCUT2D eigenvalue weighted by molar-refractivity contribution is 7.89. The predicted octanol–water partition coefficient (Wildman–Crippen LogP) is 0.246. The van der Waals surface area contributed by atoms with Crippen molar-refractivity contribution in [2.24, 2.45) is 20.5 Å². The molecule has 1 unspecified atom stereocenters. The lowest BCUT2D eigenvalue weighted by atomic mass is 10.0. The lowest BCUT2D eigenvalue weighted by Crippen LogP contribution is -2.57. The number of hydrogen-bond acceptors (Lipinski definition) is 14. The van der Waals surface area contributed by atoms with Crippen molar-refractivity contribution in [1.82, 2.24) is 26.0 Å². The van der Waals surface area contributed by atoms with E-state index in [4.69, 9.17) is 24.4 Å². The summed E-state index contributed by atoms with van der Waals surface area (Å²) in [5.41, 5.74) is -0.230. The Bertz CT molecular complexity index is 1760. The third-order valence-corrected chi connectivity index (χ3v) is 8.36. The molecule has 2 heterocycles. The van der Waals surface area contributed by atoms with E-state index in [2.05, 4.69) is 46.4 Å². The van der Waals surface area contributed by atoms with Crippen LogP contribution in [0.3, 0.4) is 0 Å². The van der Waals surface area contributed by atoms with Gasteiger partial charge in [0.05, 0.1) is 16.3 Å². The first kappa shape index (κ1) is 32.6. The van der Waals surface area contributed by atoms with Gasteiger partial charge in [0.25, 0.3) is 23.6 Å². The van der Waals surface area contributed by atoms with Crippen molar-refractivity contribution in [3.63, 3.8) is 0 Å². The molecule has 2 aliphatic rings. The quantitative estimate of drug-likeness (QED) is 0.0991. The zero-order chi connectivity index (χ0) is 32.2. The molecule has 230 valence electrons. The molecule has 44 heavy (non-hydrogen) atoms. The fourth-order valence-electron chi connectivity index (χ4n) is 3.75. The molecule has 5 N–H and O–H groups in total. The van der Waals surface area contributed by atoms with E-state index in [0.29, 0.717) is 6.42 Å². The summed E-state index contributed by atoms with van der Waals surface area (Å²) in [5, 5.41) is 23.5. The number of rotatable bonds is 10. The van der Waals surface area contributed by atoms with E-state index < -0.39 is 56.8 Å². The van der Waals surface area contributed by atoms with Gasteiger partial charge in [0, 0.05) is 17.0 Å². The Morgan fingerprint density at radius 3 is 1.73 bits per heavy atom. The number of hydrogen-bond donors (Lipinski definition) is 5. The van der Waals surface area contributed by atoms with Gasteiger partial charge in [-0.1, -0.05) is 19.1 Å². The molecule has 2 aromatic rings. The van der Waals surface area contributed by atoms with Gasteiger partial charge in [-0.05, 0) is 71.8 Å². The monoisotopic (exact) mass is 678 g/mol. The fraction of sp³-hybridized carbons (Fsp3) is 0.217. The molecule has 2 aromatic carbocycles. The second-order valence-corrected chi connectivity index (χ2v) is 12.3. The smallest absolute Gasteiger partial charge is 0.262 e. The molecule has 0 saturated carbocycles. The molecule has 4 rings (SSSR count). The van der Waals surface area contributed by atoms with E-state index >= 15 is 0 Å². The van der Waals surface area contributed by atoms with E-state index in [0.717, 1.165) is 12.1 Å². The minimum Gasteiger partial charge on any atom is -0.768 e. The number of nitrogens with zero attached hydrogens (tertiary/aromatic N) is 4. The maximum absolute atomic E-state index is 13.3. The predicted molar refractivity (Wildman–Crippen MR) is 159 cm³/mol. The van der Waals surface area contributed by atoms with Crippen LogP contribution in [0.25, 0.3) is 11.1 Å². The molecule has 0 aromatic heterocycles. The maximum atomic E-state index is 13.3. The van der Waals surface area contributed by atoms with Gasteiger partial charge in [-0.3, -0.25) is 23.4 Å². The second-order valence-electron chi connectivity index (χ2n) is 8.84. The molecule has 1 atom stereocenters. The fourth-order valence-corrected chi connectivity index (χ4v) is 6.09. The Hall–Kier alpha value is -4.28. The van der Waals surface area contributed by atoms with Crippen molar-refractivity contribution in [3.8, 4) is 11.1 Å². The standard InChI is InChI=1S/C23H21N9O8S4/c1-2-7-24-44(39,40)15-9-11(30-32-17-20(35)27-23(42)28-21(17)36)4-6-13(15)12-5-3-10(8-14(12)43(37)38)29-31-16-18(33)25-22(41)26-19(16)34/h3-6,8-9,16-17,24H,2,7H2,1H3,(H,37,38)(H2,25,26,33,34,41)(H2,27,28,35,36,42)/p-1. The molecule has 2 saturated heterocycles. The van der Waals surface area contributed by atoms with Crippen LogP contribution in [0, 0.1) is 0 Å². The third kappa shape index (κ3) is 7.43. The first-order valence-corrected chi connectivity index (χ1v) is 15.7. The van der Waals surface area contributed by atoms with Crippen LogP contribution >= 0.6 is 24.4 Å². The highest BCUT2D eigenvalue weighted by atomic mass is 32.2. The number of benzene rings is 2. The Balaban J connectivity index is 1.74. The summed E-state index contributed by atoms with van der Waals surface area (Å²) in [4.78, 5) is 47.5. The Morgan fingerprint density at radius 1 is 0.818 bits per heavy atom. The zero-order valence-corrected chi connectivity index (χ0v) is 25.5. The lowest BCUT2D eigenvalue weighted by molar-refractivity contribution is -0.132. The van der Waals surface area contributed by atoms with Crippen molar-refractivity contribution in [2.75, 3.05) is 6.54 Å². The molecular formula is C23H20N9O8S4-. The summed E-state index contributed by atoms with van der Waals surface area (Å²) in [6.45, 7) is 1.79. The summed E-state index contributed by atoms with van der Waals surface area (Å²) < 4.78 is 53.5. The summed E-state index contributed by atoms with van der Waals surface area (Å²) in [7, 11) is -4.26. The molecule has 0 spiro atoms. The molecule has 0 aliphatic carbocycles. The van der Waals surface area contributed by atoms with E-state index in [1.807, 2.05) is 0 Å². The molecule has 0 radical (unpaired) electrons. The molecule has 17 nitrogen and oxygen atoms in total. The SMILES string of the molecule is CCCNS(=O)(=O)c1cc(N=NC2C(=O)NC(=S)NC2=O)ccc1-c1ccc(N=NC2C(=O)NC(=S)NC2=O)cc1S(=O)[O-]. The minimum absolute atomic E-state index is 0.0457. The van der Waals surface area contributed by atoms with Gasteiger partial charge in [0.2, 0.25) is 22.1 Å². The van der Waals surface area contributed by atoms with Crippen LogP contribution in [0.4, 0.5) is 11.4 Å². The Kier molecular flexibility index (Phi) is 10.1. The van der Waals surface area contributed by atoms with E-state index in [9.17, 15) is 36.4 Å². The number of nitrogens with one attached hydrogen (secondary N) is 5. The highest BCUT2D eigenvalue weighted by Crippen LogP contribution is 2.36. The average molecular weight is 679 g/mol. The van der Waals surface area contributed by atoms with Gasteiger partial charge in [-0.2, -0.15) is 20.5 Å². The van der Waals surface area contributed by atoms with Crippen LogP contribution in [-0.2, 0) is 40.3 Å². The van der Waals surface area contributed by atoms with Gasteiger partial charge in [-0.15, -0.1) is 0 Å². The third-order valence-electron chi connectivity index (χ3n) is 5.75. The van der Waals surface area contributed by atoms with Crippen molar-refractivity contribution < 1.29 is 36.4 Å². The van der Waals surface area contributed by atoms with Crippen LogP contribution in [0.5, 0.6) is 0 Å². The van der Waals surface area contributed by atoms with Gasteiger partial charge in [0.1, 0.15) is 0 Å². The number of amides is 4. The average Bonchev–Trinajstić information content (AvgIpc) is 2.95. The van der Waals surface area contributed by atoms with E-state index in [1.165, 1.54) is 24.3 Å². The first-order valence-electron chi connectivity index (χ1n) is 12.3. The van der Waals surface area contributed by atoms with E-state index in [1.54, 1.807) is 6.92 Å². The Labute approximate surface area is 262 Å². The van der Waals surface area contributed by atoms with E-state index in [-0.39, 0.29) is 49.1 Å². The van der Waals surface area contributed by atoms with Crippen LogP contribution in [0.1, 0.15) is 13.3 Å². The van der Waals surface area contributed by atoms with Crippen LogP contribution < -0.4 is 26.0 Å². The van der Waals surface area contributed by atoms with Crippen molar-refractivity contribution in [2.45, 2.75) is 35.2 Å². The van der Waals surface area contributed by atoms with Crippen molar-refractivity contribution in [1.29, 1.82) is 0 Å². The normalized spacial score (nSPS) is 17.5. The van der Waals surface area contributed by atoms with Crippen molar-refractivity contribution in [3.05, 3.63) is 36.4 Å². The molecule has 4 amide bonds. The number of thiocarbonyl (C=S) groups is 2. The summed E-state index contributed by atoms with van der Waals surface area (Å²) in [6, 6.07) is 4.15. The minimum atomic E-state index is -4.26. The topological polar surface area (TPSA) is 252 Å². The largest absolute Gasteiger partial charge is 0.768 e. The first-order chi connectivity index (χ1) is 20.8. The maximum Gasteiger partial charge on any atom is 0.262 e. The Morgan fingerprint density at radius 2 is 1.27 bits per heavy atom. The zero-order valence-electron chi connectivity index (χ0n) is 22.2. The number of carbonyl (C=O) groups excluding carboxylic acids is 4. The molecular weight excluding hydrogens is 659 g/mol. The van der Waals surface area contributed by atoms with Crippen LogP contribution in [0.15, 0.2) is 66.6 Å². The van der Waals surface area contributed by atoms with Gasteiger partial charge in [-0.25, -0.2) is 13.1 Å². The van der Waals surface area contributed by atoms with Gasteiger partial charge >= 0.3 is 0 Å². The molecule has 0 bridgehead atoms. The number of carbonyl (C=O) groups is 4. The molecule has 2 aliphatic heterocycles. The molecule has 21 heteroatoms. The number of azo groups is 2. The summed E-state index contributed by atoms with van der Waals surface area (Å²) in [5.74, 6) is -3.31. The van der Waals surface area contributed by atoms with Crippen LogP contribution in [-0.4, -0.2) is 69.7 Å². The summed E-state index contributed by atoms with van der Waals surface area (Å²) >= 11 is 6.53. The molecule has 2 fully saturated rings. The second kappa shape index (κ2) is 13.6. The van der Waals surface area contributed by atoms with Crippen LogP contribution in [0.2, 0.25) is 0 Å². The number of sulfonamides is 1. The van der Waals surface area contributed by atoms with Crippen molar-refractivity contribution >= 4 is 90.8 Å². The summed E-state index contributed by atoms with van der Waals surface area (Å²) in [6.07, 6.45) is 0.445. The van der Waals surface area contributed by atoms with Gasteiger partial charge in [0.15, 0.2) is 10.2 Å². The highest BCUT2D eigenvalue weighted by Gasteiger charge is 2.34. The van der Waals surface area contributed by atoms with Gasteiger partial charge < -0.3 is 25.8 Å². The lowest BCUT2D eigenvalue weighted by Gasteiger charge is -2.19.